The van der Waals surface area contributed by atoms with Gasteiger partial charge in [-0.25, -0.2) is 14.1 Å². The van der Waals surface area contributed by atoms with Crippen LogP contribution >= 0.6 is 15.9 Å². The number of carbonyl (C=O) groups is 1. The van der Waals surface area contributed by atoms with Gasteiger partial charge in [0.05, 0.1) is 11.1 Å². The van der Waals surface area contributed by atoms with Crippen molar-refractivity contribution in [3.63, 3.8) is 0 Å². The average Bonchev–Trinajstić information content (AvgIpc) is 3.34. The lowest BCUT2D eigenvalue weighted by molar-refractivity contribution is -0.130. The molecular formula is C24H25BrFN7O. The van der Waals surface area contributed by atoms with Gasteiger partial charge in [0.25, 0.3) is 0 Å². The maximum Gasteiger partial charge on any atom is 0.226 e. The summed E-state index contributed by atoms with van der Waals surface area (Å²) in [6, 6.07) is 6.99. The van der Waals surface area contributed by atoms with Crippen molar-refractivity contribution in [3.05, 3.63) is 47.1 Å². The molecule has 3 heterocycles. The van der Waals surface area contributed by atoms with Crippen molar-refractivity contribution >= 4 is 49.7 Å². The molecule has 176 valence electrons. The highest BCUT2D eigenvalue weighted by Crippen LogP contribution is 2.39. The summed E-state index contributed by atoms with van der Waals surface area (Å²) in [5.74, 6) is 0.103. The summed E-state index contributed by atoms with van der Waals surface area (Å²) in [6.45, 7) is 5.94. The van der Waals surface area contributed by atoms with Crippen LogP contribution in [-0.4, -0.2) is 42.7 Å². The molecule has 1 aromatic carbocycles. The van der Waals surface area contributed by atoms with E-state index in [2.05, 4.69) is 41.6 Å². The molecule has 1 saturated carbocycles. The number of halogens is 2. The van der Waals surface area contributed by atoms with E-state index < -0.39 is 11.2 Å². The highest BCUT2D eigenvalue weighted by Gasteiger charge is 2.41. The van der Waals surface area contributed by atoms with Crippen LogP contribution in [0.25, 0.3) is 27.6 Å². The van der Waals surface area contributed by atoms with Crippen LogP contribution in [0.1, 0.15) is 40.0 Å². The fourth-order valence-corrected chi connectivity index (χ4v) is 5.00. The summed E-state index contributed by atoms with van der Waals surface area (Å²) < 4.78 is 16.9. The van der Waals surface area contributed by atoms with Crippen LogP contribution in [0.4, 0.5) is 10.3 Å². The second kappa shape index (κ2) is 8.57. The van der Waals surface area contributed by atoms with E-state index in [1.807, 2.05) is 32.9 Å². The van der Waals surface area contributed by atoms with Gasteiger partial charge in [-0.2, -0.15) is 10.1 Å². The number of carbonyl (C=O) groups excluding carboxylic acids is 1. The molecule has 0 bridgehead atoms. The molecule has 0 radical (unpaired) electrons. The van der Waals surface area contributed by atoms with E-state index in [-0.39, 0.29) is 18.0 Å². The van der Waals surface area contributed by atoms with Gasteiger partial charge in [-0.05, 0) is 61.2 Å². The number of rotatable bonds is 5. The van der Waals surface area contributed by atoms with Crippen LogP contribution in [0.5, 0.6) is 0 Å². The van der Waals surface area contributed by atoms with Crippen molar-refractivity contribution in [3.8, 4) is 5.69 Å². The van der Waals surface area contributed by atoms with Crippen molar-refractivity contribution in [1.82, 2.24) is 30.0 Å². The molecule has 0 aliphatic heterocycles. The Morgan fingerprint density at radius 2 is 2.15 bits per heavy atom. The van der Waals surface area contributed by atoms with Crippen molar-refractivity contribution < 1.29 is 9.18 Å². The monoisotopic (exact) mass is 525 g/mol. The van der Waals surface area contributed by atoms with Crippen molar-refractivity contribution in [2.24, 2.45) is 5.41 Å². The van der Waals surface area contributed by atoms with E-state index in [1.54, 1.807) is 23.1 Å². The predicted octanol–water partition coefficient (Wildman–Crippen LogP) is 4.76. The zero-order valence-corrected chi connectivity index (χ0v) is 20.7. The normalized spacial score (nSPS) is 20.4. The molecule has 34 heavy (non-hydrogen) atoms. The maximum absolute atomic E-state index is 14.7. The molecule has 0 spiro atoms. The molecule has 5 rings (SSSR count). The lowest BCUT2D eigenvalue weighted by Crippen LogP contribution is -2.41. The molecule has 8 nitrogen and oxygen atoms in total. The number of hydrogen-bond donors (Lipinski definition) is 2. The molecule has 1 aliphatic rings. The number of aromatic nitrogens is 5. The lowest BCUT2D eigenvalue weighted by atomic mass is 9.87. The van der Waals surface area contributed by atoms with Crippen molar-refractivity contribution in [2.45, 2.75) is 52.1 Å². The first-order chi connectivity index (χ1) is 16.2. The van der Waals surface area contributed by atoms with Crippen LogP contribution in [0.3, 0.4) is 0 Å². The first-order valence-electron chi connectivity index (χ1n) is 11.3. The quantitative estimate of drug-likeness (QED) is 0.389. The molecule has 0 saturated heterocycles. The Morgan fingerprint density at radius 3 is 2.94 bits per heavy atom. The fourth-order valence-electron chi connectivity index (χ4n) is 4.56. The second-order valence-electron chi connectivity index (χ2n) is 9.41. The minimum atomic E-state index is -0.426. The predicted molar refractivity (Wildman–Crippen MR) is 132 cm³/mol. The fraction of sp³-hybridized carbons (Fsp3) is 0.375. The zero-order chi connectivity index (χ0) is 24.0. The first kappa shape index (κ1) is 22.6. The smallest absolute Gasteiger partial charge is 0.226 e. The van der Waals surface area contributed by atoms with Crippen LogP contribution in [0.15, 0.2) is 41.3 Å². The molecular weight excluding hydrogens is 501 g/mol. The number of amides is 1. The van der Waals surface area contributed by atoms with Gasteiger partial charge in [0, 0.05) is 41.3 Å². The van der Waals surface area contributed by atoms with E-state index in [9.17, 15) is 9.18 Å². The van der Waals surface area contributed by atoms with Gasteiger partial charge < -0.3 is 10.6 Å². The Labute approximate surface area is 204 Å². The SMILES string of the molecule is CC(C)NC(=O)[C@]1(C)CC[C@@H](Nc2ncc3c(Br)nn(-c4cc(F)c5ncccc5c4)c3n2)C1. The Hall–Kier alpha value is -3.14. The Bertz CT molecular complexity index is 1410. The lowest BCUT2D eigenvalue weighted by Gasteiger charge is -2.24. The molecule has 2 N–H and O–H groups in total. The average molecular weight is 526 g/mol. The molecule has 1 fully saturated rings. The van der Waals surface area contributed by atoms with Gasteiger partial charge in [-0.1, -0.05) is 13.0 Å². The number of fused-ring (bicyclic) bond motifs is 2. The summed E-state index contributed by atoms with van der Waals surface area (Å²) in [6.07, 6.45) is 5.58. The van der Waals surface area contributed by atoms with Gasteiger partial charge >= 0.3 is 0 Å². The Morgan fingerprint density at radius 1 is 1.32 bits per heavy atom. The highest BCUT2D eigenvalue weighted by atomic mass is 79.9. The summed E-state index contributed by atoms with van der Waals surface area (Å²) >= 11 is 3.46. The highest BCUT2D eigenvalue weighted by molar-refractivity contribution is 9.10. The van der Waals surface area contributed by atoms with Gasteiger partial charge in [0.15, 0.2) is 11.5 Å². The van der Waals surface area contributed by atoms with E-state index >= 15 is 0 Å². The van der Waals surface area contributed by atoms with Gasteiger partial charge in [-0.3, -0.25) is 9.78 Å². The number of benzene rings is 1. The molecule has 4 aromatic rings. The Balaban J connectivity index is 1.45. The first-order valence-corrected chi connectivity index (χ1v) is 12.1. The van der Waals surface area contributed by atoms with Crippen LogP contribution in [0, 0.1) is 11.2 Å². The summed E-state index contributed by atoms with van der Waals surface area (Å²) in [5, 5.41) is 12.3. The van der Waals surface area contributed by atoms with E-state index in [0.29, 0.717) is 44.6 Å². The Kier molecular flexibility index (Phi) is 5.71. The standard InChI is InChI=1S/C24H25BrFN7O/c1-13(2)29-22(34)24(3)7-6-15(11-24)30-23-28-12-17-20(25)32-33(21(17)31-23)16-9-14-5-4-8-27-19(14)18(26)10-16/h4-5,8-10,12-13,15H,6-7,11H2,1-3H3,(H,29,34)(H,28,30,31)/t15-,24-/m1/s1. The van der Waals surface area contributed by atoms with Crippen LogP contribution < -0.4 is 10.6 Å². The summed E-state index contributed by atoms with van der Waals surface area (Å²) in [5.41, 5.74) is 0.972. The third kappa shape index (κ3) is 4.11. The molecule has 10 heteroatoms. The molecule has 2 atom stereocenters. The topological polar surface area (TPSA) is 97.6 Å². The summed E-state index contributed by atoms with van der Waals surface area (Å²) in [7, 11) is 0. The zero-order valence-electron chi connectivity index (χ0n) is 19.1. The minimum Gasteiger partial charge on any atom is -0.353 e. The van der Waals surface area contributed by atoms with Gasteiger partial charge in [-0.15, -0.1) is 0 Å². The third-order valence-corrected chi connectivity index (χ3v) is 6.90. The second-order valence-corrected chi connectivity index (χ2v) is 10.2. The van der Waals surface area contributed by atoms with E-state index in [1.165, 1.54) is 6.07 Å². The number of nitrogens with one attached hydrogen (secondary N) is 2. The van der Waals surface area contributed by atoms with E-state index in [0.717, 1.165) is 12.8 Å². The number of pyridine rings is 1. The molecule has 3 aromatic heterocycles. The summed E-state index contributed by atoms with van der Waals surface area (Å²) in [4.78, 5) is 25.9. The largest absolute Gasteiger partial charge is 0.353 e. The van der Waals surface area contributed by atoms with Crippen LogP contribution in [0.2, 0.25) is 0 Å². The minimum absolute atomic E-state index is 0.0735. The molecule has 1 amide bonds. The number of anilines is 1. The van der Waals surface area contributed by atoms with Crippen molar-refractivity contribution in [1.29, 1.82) is 0 Å². The van der Waals surface area contributed by atoms with Gasteiger partial charge in [0.1, 0.15) is 10.1 Å². The van der Waals surface area contributed by atoms with Gasteiger partial charge in [0.2, 0.25) is 11.9 Å². The van der Waals surface area contributed by atoms with Crippen molar-refractivity contribution in [2.75, 3.05) is 5.32 Å². The van der Waals surface area contributed by atoms with Crippen LogP contribution in [-0.2, 0) is 4.79 Å². The number of hydrogen-bond acceptors (Lipinski definition) is 6. The maximum atomic E-state index is 14.7. The number of nitrogens with zero attached hydrogens (tertiary/aromatic N) is 5. The third-order valence-electron chi connectivity index (χ3n) is 6.31. The van der Waals surface area contributed by atoms with E-state index in [4.69, 9.17) is 4.98 Å². The molecule has 1 aliphatic carbocycles. The molecule has 0 unspecified atom stereocenters.